The Balaban J connectivity index is 1.77. The molecule has 0 aromatic heterocycles. The van der Waals surface area contributed by atoms with Crippen LogP contribution in [0.1, 0.15) is 31.9 Å². The van der Waals surface area contributed by atoms with E-state index in [9.17, 15) is 14.4 Å². The lowest BCUT2D eigenvalue weighted by atomic mass is 9.94. The van der Waals surface area contributed by atoms with Gasteiger partial charge in [0.2, 0.25) is 0 Å². The fourth-order valence-electron chi connectivity index (χ4n) is 3.48. The van der Waals surface area contributed by atoms with Crippen molar-refractivity contribution in [3.63, 3.8) is 0 Å². The standard InChI is InChI=1S/C23H25BrN4O4/c1-4-13-28-14(2)19(21(29)32-3)20(27-23(28)31)15-5-9-17(10-6-15)25-22(30)26-18-11-7-16(24)8-12-18/h5-12,20H,4,13H2,1-3H3,(H,27,31)(H2,25,26,30)/t20-/m1/s1. The van der Waals surface area contributed by atoms with Gasteiger partial charge in [0.05, 0.1) is 18.7 Å². The molecule has 2 aromatic carbocycles. The molecule has 0 unspecified atom stereocenters. The minimum atomic E-state index is -0.645. The van der Waals surface area contributed by atoms with Crippen LogP contribution in [0.15, 0.2) is 64.3 Å². The fourth-order valence-corrected chi connectivity index (χ4v) is 3.75. The Kier molecular flexibility index (Phi) is 7.53. The minimum absolute atomic E-state index is 0.266. The van der Waals surface area contributed by atoms with E-state index in [-0.39, 0.29) is 12.1 Å². The second kappa shape index (κ2) is 10.3. The topological polar surface area (TPSA) is 99.8 Å². The first-order valence-electron chi connectivity index (χ1n) is 10.1. The van der Waals surface area contributed by atoms with Crippen molar-refractivity contribution in [2.75, 3.05) is 24.3 Å². The van der Waals surface area contributed by atoms with Gasteiger partial charge >= 0.3 is 18.0 Å². The first kappa shape index (κ1) is 23.3. The van der Waals surface area contributed by atoms with Gasteiger partial charge in [-0.3, -0.25) is 4.90 Å². The van der Waals surface area contributed by atoms with Crippen molar-refractivity contribution in [1.82, 2.24) is 10.2 Å². The van der Waals surface area contributed by atoms with Gasteiger partial charge in [-0.1, -0.05) is 35.0 Å². The maximum absolute atomic E-state index is 12.6. The Labute approximate surface area is 195 Å². The maximum Gasteiger partial charge on any atom is 0.337 e. The molecule has 0 saturated heterocycles. The third-order valence-corrected chi connectivity index (χ3v) is 5.58. The molecule has 1 aliphatic heterocycles. The van der Waals surface area contributed by atoms with Crippen LogP contribution < -0.4 is 16.0 Å². The average molecular weight is 501 g/mol. The molecule has 32 heavy (non-hydrogen) atoms. The van der Waals surface area contributed by atoms with E-state index in [1.165, 1.54) is 7.11 Å². The van der Waals surface area contributed by atoms with E-state index in [0.29, 0.717) is 34.8 Å². The monoisotopic (exact) mass is 500 g/mol. The highest BCUT2D eigenvalue weighted by molar-refractivity contribution is 9.10. The number of benzene rings is 2. The number of esters is 1. The number of amides is 4. The van der Waals surface area contributed by atoms with Crippen molar-refractivity contribution in [2.24, 2.45) is 0 Å². The summed E-state index contributed by atoms with van der Waals surface area (Å²) in [6.45, 7) is 4.21. The number of hydrogen-bond acceptors (Lipinski definition) is 4. The predicted molar refractivity (Wildman–Crippen MR) is 126 cm³/mol. The number of methoxy groups -OCH3 is 1. The Morgan fingerprint density at radius 1 is 1.06 bits per heavy atom. The molecular formula is C23H25BrN4O4. The number of rotatable bonds is 6. The largest absolute Gasteiger partial charge is 0.466 e. The summed E-state index contributed by atoms with van der Waals surface area (Å²) in [5.74, 6) is -0.496. The molecule has 2 aromatic rings. The summed E-state index contributed by atoms with van der Waals surface area (Å²) < 4.78 is 5.89. The van der Waals surface area contributed by atoms with E-state index in [4.69, 9.17) is 4.74 Å². The number of carbonyl (C=O) groups excluding carboxylic acids is 3. The summed E-state index contributed by atoms with van der Waals surface area (Å²) in [6, 6.07) is 12.9. The Hall–Kier alpha value is -3.33. The number of anilines is 2. The number of nitrogens with one attached hydrogen (secondary N) is 3. The van der Waals surface area contributed by atoms with Crippen LogP contribution in [-0.4, -0.2) is 36.6 Å². The van der Waals surface area contributed by atoms with Crippen LogP contribution in [-0.2, 0) is 9.53 Å². The van der Waals surface area contributed by atoms with Crippen molar-refractivity contribution in [2.45, 2.75) is 26.3 Å². The number of hydrogen-bond donors (Lipinski definition) is 3. The molecule has 4 amide bonds. The predicted octanol–water partition coefficient (Wildman–Crippen LogP) is 5.02. The van der Waals surface area contributed by atoms with Gasteiger partial charge in [-0.05, 0) is 55.3 Å². The van der Waals surface area contributed by atoms with Gasteiger partial charge in [0.25, 0.3) is 0 Å². The Morgan fingerprint density at radius 3 is 2.16 bits per heavy atom. The van der Waals surface area contributed by atoms with Crippen LogP contribution in [0, 0.1) is 0 Å². The molecule has 1 heterocycles. The summed E-state index contributed by atoms with van der Waals surface area (Å²) in [5, 5.41) is 8.40. The highest BCUT2D eigenvalue weighted by Crippen LogP contribution is 2.32. The lowest BCUT2D eigenvalue weighted by Crippen LogP contribution is -2.48. The zero-order valence-corrected chi connectivity index (χ0v) is 19.7. The summed E-state index contributed by atoms with van der Waals surface area (Å²) in [5.41, 5.74) is 2.89. The summed E-state index contributed by atoms with van der Waals surface area (Å²) >= 11 is 3.35. The average Bonchev–Trinajstić information content (AvgIpc) is 2.78. The van der Waals surface area contributed by atoms with Crippen molar-refractivity contribution >= 4 is 45.3 Å². The van der Waals surface area contributed by atoms with Crippen molar-refractivity contribution in [1.29, 1.82) is 0 Å². The van der Waals surface area contributed by atoms with Crippen LogP contribution in [0.25, 0.3) is 0 Å². The zero-order chi connectivity index (χ0) is 23.3. The molecule has 0 bridgehead atoms. The van der Waals surface area contributed by atoms with Gasteiger partial charge in [0.15, 0.2) is 0 Å². The van der Waals surface area contributed by atoms with E-state index < -0.39 is 12.0 Å². The second-order valence-corrected chi connectivity index (χ2v) is 8.15. The number of allylic oxidation sites excluding steroid dienone is 1. The number of halogens is 1. The quantitative estimate of drug-likeness (QED) is 0.485. The lowest BCUT2D eigenvalue weighted by molar-refractivity contribution is -0.136. The van der Waals surface area contributed by atoms with E-state index in [1.807, 2.05) is 19.1 Å². The number of nitrogens with zero attached hydrogens (tertiary/aromatic N) is 1. The third kappa shape index (κ3) is 5.28. The van der Waals surface area contributed by atoms with E-state index in [0.717, 1.165) is 10.9 Å². The third-order valence-electron chi connectivity index (χ3n) is 5.05. The van der Waals surface area contributed by atoms with Crippen LogP contribution in [0.4, 0.5) is 21.0 Å². The maximum atomic E-state index is 12.6. The molecule has 0 fully saturated rings. The summed E-state index contributed by atoms with van der Waals surface area (Å²) in [6.07, 6.45) is 0.757. The molecule has 3 N–H and O–H groups in total. The van der Waals surface area contributed by atoms with Crippen molar-refractivity contribution in [3.8, 4) is 0 Å². The molecule has 0 spiro atoms. The van der Waals surface area contributed by atoms with Gasteiger partial charge < -0.3 is 20.7 Å². The van der Waals surface area contributed by atoms with Crippen LogP contribution >= 0.6 is 15.9 Å². The SMILES string of the molecule is CCCN1C(=O)N[C@H](c2ccc(NC(=O)Nc3ccc(Br)cc3)cc2)C(C(=O)OC)=C1C. The first-order chi connectivity index (χ1) is 15.3. The molecule has 0 radical (unpaired) electrons. The lowest BCUT2D eigenvalue weighted by Gasteiger charge is -2.35. The number of urea groups is 2. The molecule has 1 aliphatic rings. The summed E-state index contributed by atoms with van der Waals surface area (Å²) in [4.78, 5) is 38.9. The Bertz CT molecular complexity index is 1030. The molecular weight excluding hydrogens is 476 g/mol. The number of carbonyl (C=O) groups is 3. The number of ether oxygens (including phenoxy) is 1. The van der Waals surface area contributed by atoms with Crippen LogP contribution in [0.3, 0.4) is 0 Å². The highest BCUT2D eigenvalue weighted by atomic mass is 79.9. The van der Waals surface area contributed by atoms with Crippen LogP contribution in [0.2, 0.25) is 0 Å². The molecule has 0 aliphatic carbocycles. The van der Waals surface area contributed by atoms with Crippen LogP contribution in [0.5, 0.6) is 0 Å². The van der Waals surface area contributed by atoms with E-state index in [2.05, 4.69) is 31.9 Å². The van der Waals surface area contributed by atoms with E-state index in [1.54, 1.807) is 48.2 Å². The van der Waals surface area contributed by atoms with Gasteiger partial charge in [-0.2, -0.15) is 0 Å². The molecule has 8 nitrogen and oxygen atoms in total. The van der Waals surface area contributed by atoms with Gasteiger partial charge in [-0.15, -0.1) is 0 Å². The smallest absolute Gasteiger partial charge is 0.337 e. The fraction of sp³-hybridized carbons (Fsp3) is 0.261. The van der Waals surface area contributed by atoms with E-state index >= 15 is 0 Å². The first-order valence-corrected chi connectivity index (χ1v) is 10.9. The highest BCUT2D eigenvalue weighted by Gasteiger charge is 2.35. The molecule has 1 atom stereocenters. The van der Waals surface area contributed by atoms with Crippen molar-refractivity contribution < 1.29 is 19.1 Å². The Morgan fingerprint density at radius 2 is 1.62 bits per heavy atom. The van der Waals surface area contributed by atoms with Crippen molar-refractivity contribution in [3.05, 3.63) is 69.8 Å². The molecule has 3 rings (SSSR count). The van der Waals surface area contributed by atoms with Gasteiger partial charge in [-0.25, -0.2) is 14.4 Å². The molecule has 168 valence electrons. The minimum Gasteiger partial charge on any atom is -0.466 e. The van der Waals surface area contributed by atoms with Gasteiger partial charge in [0, 0.05) is 28.1 Å². The van der Waals surface area contributed by atoms with Gasteiger partial charge in [0.1, 0.15) is 0 Å². The normalized spacial score (nSPS) is 15.8. The summed E-state index contributed by atoms with van der Waals surface area (Å²) in [7, 11) is 1.32. The zero-order valence-electron chi connectivity index (χ0n) is 18.1. The second-order valence-electron chi connectivity index (χ2n) is 7.23. The molecule has 0 saturated carbocycles. The molecule has 9 heteroatoms.